The molecule has 0 aliphatic heterocycles. The van der Waals surface area contributed by atoms with Crippen molar-refractivity contribution < 1.29 is 4.79 Å². The summed E-state index contributed by atoms with van der Waals surface area (Å²) in [5.41, 5.74) is 2.37. The zero-order valence-corrected chi connectivity index (χ0v) is 13.0. The van der Waals surface area contributed by atoms with E-state index < -0.39 is 6.03 Å². The molecule has 1 heterocycles. The third-order valence-electron chi connectivity index (χ3n) is 3.15. The number of carbonyl (C=O) groups excluding carboxylic acids is 1. The van der Waals surface area contributed by atoms with Crippen molar-refractivity contribution in [2.45, 2.75) is 0 Å². The number of fused-ring (bicyclic) bond motifs is 1. The van der Waals surface area contributed by atoms with E-state index >= 15 is 0 Å². The average Bonchev–Trinajstić information content (AvgIpc) is 3.02. The summed E-state index contributed by atoms with van der Waals surface area (Å²) in [6.07, 6.45) is 1.46. The van der Waals surface area contributed by atoms with Crippen LogP contribution in [0.5, 0.6) is 0 Å². The number of carbonyl (C=O) groups is 1. The number of nitrogens with zero attached hydrogens (tertiary/aromatic N) is 2. The molecule has 0 spiro atoms. The van der Waals surface area contributed by atoms with Gasteiger partial charge in [0, 0.05) is 0 Å². The zero-order chi connectivity index (χ0) is 16.4. The number of halogens is 2. The molecule has 0 saturated heterocycles. The molecule has 2 aromatic carbocycles. The van der Waals surface area contributed by atoms with Crippen molar-refractivity contribution in [1.82, 2.24) is 9.97 Å². The van der Waals surface area contributed by atoms with E-state index in [-0.39, 0.29) is 5.02 Å². The van der Waals surface area contributed by atoms with Gasteiger partial charge in [-0.3, -0.25) is 0 Å². The number of aromatic nitrogens is 2. The molecule has 3 aromatic rings. The van der Waals surface area contributed by atoms with Crippen LogP contribution in [0.25, 0.3) is 11.0 Å². The number of nitrogens with one attached hydrogen (secondary N) is 3. The second kappa shape index (κ2) is 6.16. The molecule has 8 heteroatoms. The number of hydrogen-bond acceptors (Lipinski definition) is 3. The first-order chi connectivity index (χ1) is 11.1. The molecule has 3 N–H and O–H groups in total. The molecule has 0 unspecified atom stereocenters. The number of nitriles is 1. The molecule has 0 fully saturated rings. The van der Waals surface area contributed by atoms with E-state index in [0.29, 0.717) is 33.0 Å². The van der Waals surface area contributed by atoms with E-state index in [9.17, 15) is 4.79 Å². The van der Waals surface area contributed by atoms with Crippen molar-refractivity contribution in [3.05, 3.63) is 52.3 Å². The largest absolute Gasteiger partial charge is 0.343 e. The minimum atomic E-state index is -0.491. The number of H-pyrrole nitrogens is 1. The predicted molar refractivity (Wildman–Crippen MR) is 89.9 cm³/mol. The summed E-state index contributed by atoms with van der Waals surface area (Å²) < 4.78 is 0. The summed E-state index contributed by atoms with van der Waals surface area (Å²) in [6, 6.07) is 9.71. The Balaban J connectivity index is 1.85. The monoisotopic (exact) mass is 345 g/mol. The van der Waals surface area contributed by atoms with Gasteiger partial charge in [-0.25, -0.2) is 9.78 Å². The molecule has 1 aromatic heterocycles. The van der Waals surface area contributed by atoms with E-state index in [1.807, 2.05) is 6.07 Å². The van der Waals surface area contributed by atoms with Gasteiger partial charge in [0.05, 0.1) is 38.8 Å². The van der Waals surface area contributed by atoms with Gasteiger partial charge in [0.15, 0.2) is 0 Å². The fourth-order valence-corrected chi connectivity index (χ4v) is 2.45. The van der Waals surface area contributed by atoms with Crippen LogP contribution >= 0.6 is 23.2 Å². The Kier molecular flexibility index (Phi) is 4.06. The minimum Gasteiger partial charge on any atom is -0.343 e. The van der Waals surface area contributed by atoms with Crippen LogP contribution < -0.4 is 10.6 Å². The molecule has 0 aliphatic rings. The molecule has 23 heavy (non-hydrogen) atoms. The minimum absolute atomic E-state index is 0.260. The molecular formula is C15H9Cl2N5O. The maximum Gasteiger partial charge on any atom is 0.323 e. The van der Waals surface area contributed by atoms with Crippen molar-refractivity contribution in [3.63, 3.8) is 0 Å². The predicted octanol–water partition coefficient (Wildman–Crippen LogP) is 4.39. The molecule has 0 saturated carbocycles. The summed E-state index contributed by atoms with van der Waals surface area (Å²) in [6.45, 7) is 0. The first-order valence-electron chi connectivity index (χ1n) is 6.48. The van der Waals surface area contributed by atoms with Crippen molar-refractivity contribution >= 4 is 51.6 Å². The molecule has 6 nitrogen and oxygen atoms in total. The van der Waals surface area contributed by atoms with Gasteiger partial charge < -0.3 is 15.6 Å². The standard InChI is InChI=1S/C15H9Cl2N5O/c16-9-2-1-3-10(12(9)17)21-15(23)22-11-5-4-8(6-18)13-14(11)20-7-19-13/h1-5,7H,(H,19,20)(H2,21,22,23). The first-order valence-corrected chi connectivity index (χ1v) is 7.24. The summed E-state index contributed by atoms with van der Waals surface area (Å²) in [5.74, 6) is 0. The maximum atomic E-state index is 12.1. The highest BCUT2D eigenvalue weighted by molar-refractivity contribution is 6.44. The highest BCUT2D eigenvalue weighted by Gasteiger charge is 2.12. The Morgan fingerprint density at radius 2 is 1.96 bits per heavy atom. The lowest BCUT2D eigenvalue weighted by Gasteiger charge is -2.10. The maximum absolute atomic E-state index is 12.1. The summed E-state index contributed by atoms with van der Waals surface area (Å²) in [5, 5.41) is 15.0. The summed E-state index contributed by atoms with van der Waals surface area (Å²) in [4.78, 5) is 19.1. The van der Waals surface area contributed by atoms with E-state index in [4.69, 9.17) is 28.5 Å². The smallest absolute Gasteiger partial charge is 0.323 e. The Morgan fingerprint density at radius 1 is 1.17 bits per heavy atom. The quantitative estimate of drug-likeness (QED) is 0.642. The van der Waals surface area contributed by atoms with Crippen LogP contribution in [0.15, 0.2) is 36.7 Å². The molecule has 3 rings (SSSR count). The van der Waals surface area contributed by atoms with Crippen LogP contribution in [-0.4, -0.2) is 16.0 Å². The molecular weight excluding hydrogens is 337 g/mol. The van der Waals surface area contributed by atoms with Gasteiger partial charge in [0.2, 0.25) is 0 Å². The summed E-state index contributed by atoms with van der Waals surface area (Å²) in [7, 11) is 0. The topological polar surface area (TPSA) is 93.6 Å². The van der Waals surface area contributed by atoms with Gasteiger partial charge in [-0.2, -0.15) is 5.26 Å². The summed E-state index contributed by atoms with van der Waals surface area (Å²) >= 11 is 11.9. The first kappa shape index (κ1) is 15.2. The Hall–Kier alpha value is -2.75. The van der Waals surface area contributed by atoms with Crippen LogP contribution in [0, 0.1) is 11.3 Å². The molecule has 114 valence electrons. The highest BCUT2D eigenvalue weighted by Crippen LogP contribution is 2.30. The number of urea groups is 1. The second-order valence-electron chi connectivity index (χ2n) is 4.58. The van der Waals surface area contributed by atoms with Gasteiger partial charge in [-0.1, -0.05) is 29.3 Å². The van der Waals surface area contributed by atoms with Gasteiger partial charge in [0.25, 0.3) is 0 Å². The number of benzene rings is 2. The second-order valence-corrected chi connectivity index (χ2v) is 5.36. The lowest BCUT2D eigenvalue weighted by molar-refractivity contribution is 0.262. The van der Waals surface area contributed by atoms with Crippen LogP contribution in [0.4, 0.5) is 16.2 Å². The number of anilines is 2. The van der Waals surface area contributed by atoms with Gasteiger partial charge in [-0.15, -0.1) is 0 Å². The number of hydrogen-bond donors (Lipinski definition) is 3. The van der Waals surface area contributed by atoms with Gasteiger partial charge >= 0.3 is 6.03 Å². The van der Waals surface area contributed by atoms with Gasteiger partial charge in [-0.05, 0) is 24.3 Å². The Labute approximate surface area is 141 Å². The normalized spacial score (nSPS) is 10.3. The Bertz CT molecular complexity index is 945. The SMILES string of the molecule is N#Cc1ccc(NC(=O)Nc2cccc(Cl)c2Cl)c2[nH]cnc12. The van der Waals surface area contributed by atoms with Crippen LogP contribution in [0.3, 0.4) is 0 Å². The van der Waals surface area contributed by atoms with Crippen molar-refractivity contribution in [2.75, 3.05) is 10.6 Å². The number of amides is 2. The number of rotatable bonds is 2. The van der Waals surface area contributed by atoms with Crippen LogP contribution in [0.2, 0.25) is 10.0 Å². The van der Waals surface area contributed by atoms with E-state index in [1.54, 1.807) is 30.3 Å². The lowest BCUT2D eigenvalue weighted by Crippen LogP contribution is -2.19. The molecule has 0 bridgehead atoms. The molecule has 2 amide bonds. The van der Waals surface area contributed by atoms with Gasteiger partial charge in [0.1, 0.15) is 11.6 Å². The number of imidazole rings is 1. The molecule has 0 radical (unpaired) electrons. The molecule has 0 aliphatic carbocycles. The van der Waals surface area contributed by atoms with Crippen LogP contribution in [0.1, 0.15) is 5.56 Å². The third kappa shape index (κ3) is 2.93. The fourth-order valence-electron chi connectivity index (χ4n) is 2.10. The molecule has 0 atom stereocenters. The third-order valence-corrected chi connectivity index (χ3v) is 3.97. The van der Waals surface area contributed by atoms with E-state index in [1.165, 1.54) is 6.33 Å². The van der Waals surface area contributed by atoms with Crippen molar-refractivity contribution in [1.29, 1.82) is 5.26 Å². The van der Waals surface area contributed by atoms with Crippen LogP contribution in [-0.2, 0) is 0 Å². The fraction of sp³-hybridized carbons (Fsp3) is 0. The zero-order valence-electron chi connectivity index (χ0n) is 11.5. The Morgan fingerprint density at radius 3 is 2.74 bits per heavy atom. The van der Waals surface area contributed by atoms with E-state index in [2.05, 4.69) is 20.6 Å². The van der Waals surface area contributed by atoms with Crippen molar-refractivity contribution in [2.24, 2.45) is 0 Å². The number of aromatic amines is 1. The van der Waals surface area contributed by atoms with Crippen molar-refractivity contribution in [3.8, 4) is 6.07 Å². The van der Waals surface area contributed by atoms with E-state index in [0.717, 1.165) is 0 Å². The average molecular weight is 346 g/mol. The highest BCUT2D eigenvalue weighted by atomic mass is 35.5. The lowest BCUT2D eigenvalue weighted by atomic mass is 10.2.